The molecule has 2 saturated heterocycles. The number of phenols is 1. The monoisotopic (exact) mass is 396 g/mol. The molecule has 0 aliphatic carbocycles. The predicted octanol–water partition coefficient (Wildman–Crippen LogP) is 2.62. The van der Waals surface area contributed by atoms with E-state index in [9.17, 15) is 14.3 Å². The van der Waals surface area contributed by atoms with Crippen molar-refractivity contribution in [2.24, 2.45) is 0 Å². The lowest BCUT2D eigenvalue weighted by molar-refractivity contribution is 0.176. The molecule has 0 spiro atoms. The number of nitrogens with one attached hydrogen (secondary N) is 1. The molecule has 8 heteroatoms. The van der Waals surface area contributed by atoms with Gasteiger partial charge in [0.15, 0.2) is 11.2 Å². The van der Waals surface area contributed by atoms with Crippen LogP contribution in [-0.4, -0.2) is 46.6 Å². The Bertz CT molecular complexity index is 1120. The third-order valence-electron chi connectivity index (χ3n) is 6.12. The molecule has 2 aliphatic heterocycles. The summed E-state index contributed by atoms with van der Waals surface area (Å²) in [7, 11) is 1.84. The molecule has 0 radical (unpaired) electrons. The van der Waals surface area contributed by atoms with Gasteiger partial charge in [-0.3, -0.25) is 4.79 Å². The molecule has 5 rings (SSSR count). The zero-order valence-electron chi connectivity index (χ0n) is 15.9. The van der Waals surface area contributed by atoms with Gasteiger partial charge in [-0.05, 0) is 43.5 Å². The summed E-state index contributed by atoms with van der Waals surface area (Å²) < 4.78 is 20.2. The van der Waals surface area contributed by atoms with E-state index in [1.807, 2.05) is 11.9 Å². The van der Waals surface area contributed by atoms with Crippen molar-refractivity contribution in [3.05, 3.63) is 46.8 Å². The molecule has 7 nitrogen and oxygen atoms in total. The number of rotatable bonds is 3. The molecule has 0 saturated carbocycles. The van der Waals surface area contributed by atoms with Crippen molar-refractivity contribution < 1.29 is 13.9 Å². The lowest BCUT2D eigenvalue weighted by Crippen LogP contribution is -2.55. The first-order valence-corrected chi connectivity index (χ1v) is 9.73. The number of anilines is 1. The Hall–Kier alpha value is -3.00. The topological polar surface area (TPSA) is 91.5 Å². The minimum atomic E-state index is -0.951. The zero-order chi connectivity index (χ0) is 20.1. The van der Waals surface area contributed by atoms with E-state index in [2.05, 4.69) is 15.5 Å². The highest BCUT2D eigenvalue weighted by molar-refractivity contribution is 5.85. The smallest absolute Gasteiger partial charge is 0.192 e. The molecule has 2 aliphatic rings. The van der Waals surface area contributed by atoms with Crippen molar-refractivity contribution in [3.8, 4) is 17.0 Å². The van der Waals surface area contributed by atoms with E-state index in [1.165, 1.54) is 18.4 Å². The largest absolute Gasteiger partial charge is 0.507 e. The van der Waals surface area contributed by atoms with Gasteiger partial charge in [-0.25, -0.2) is 4.39 Å². The number of phenolic OH excluding ortho intramolecular Hbond substituents is 1. The molecule has 2 N–H and O–H groups in total. The van der Waals surface area contributed by atoms with E-state index < -0.39 is 6.17 Å². The number of fused-ring (bicyclic) bond motifs is 3. The van der Waals surface area contributed by atoms with Crippen LogP contribution in [0.15, 0.2) is 45.8 Å². The third-order valence-corrected chi connectivity index (χ3v) is 6.12. The molecule has 4 heterocycles. The summed E-state index contributed by atoms with van der Waals surface area (Å²) in [6.45, 7) is 0. The quantitative estimate of drug-likeness (QED) is 0.703. The van der Waals surface area contributed by atoms with E-state index in [-0.39, 0.29) is 23.3 Å². The van der Waals surface area contributed by atoms with Crippen LogP contribution in [0.5, 0.6) is 5.75 Å². The average molecular weight is 396 g/mol. The molecule has 2 unspecified atom stereocenters. The van der Waals surface area contributed by atoms with Crippen molar-refractivity contribution in [2.45, 2.75) is 43.6 Å². The average Bonchev–Trinajstić information content (AvgIpc) is 3.14. The molecule has 150 valence electrons. The fourth-order valence-electron chi connectivity index (χ4n) is 4.50. The Kier molecular flexibility index (Phi) is 4.24. The molecule has 2 bridgehead atoms. The Morgan fingerprint density at radius 2 is 2.10 bits per heavy atom. The first-order valence-electron chi connectivity index (χ1n) is 9.73. The molecule has 4 atom stereocenters. The second-order valence-corrected chi connectivity index (χ2v) is 7.83. The molecule has 2 fully saturated rings. The standard InChI is InChI=1S/C21H21FN4O3/c1-26(16-8-11-2-3-15(23-11)21(16)22)20-5-4-14(24-25-20)12-10-19-13(9-18(12)28)17(27)6-7-29-19/h4-7,9-11,15-16,21,23,28H,2-3,8H2,1H3/t11?,15?,16-,21+/m0/s1. The number of aromatic nitrogens is 2. The van der Waals surface area contributed by atoms with Gasteiger partial charge in [0.2, 0.25) is 0 Å². The van der Waals surface area contributed by atoms with Crippen molar-refractivity contribution in [1.82, 2.24) is 15.5 Å². The number of nitrogens with zero attached hydrogens (tertiary/aromatic N) is 3. The molecule has 2 aromatic heterocycles. The lowest BCUT2D eigenvalue weighted by Gasteiger charge is -2.38. The maximum atomic E-state index is 14.8. The third kappa shape index (κ3) is 3.04. The van der Waals surface area contributed by atoms with Gasteiger partial charge in [-0.2, -0.15) is 0 Å². The van der Waals surface area contributed by atoms with Crippen LogP contribution < -0.4 is 15.6 Å². The van der Waals surface area contributed by atoms with Crippen LogP contribution in [-0.2, 0) is 0 Å². The minimum absolute atomic E-state index is 0.0786. The fourth-order valence-corrected chi connectivity index (χ4v) is 4.50. The van der Waals surface area contributed by atoms with E-state index in [0.717, 1.165) is 19.3 Å². The minimum Gasteiger partial charge on any atom is -0.507 e. The normalized spacial score (nSPS) is 26.0. The van der Waals surface area contributed by atoms with Crippen LogP contribution in [0.3, 0.4) is 0 Å². The van der Waals surface area contributed by atoms with E-state index in [1.54, 1.807) is 18.2 Å². The van der Waals surface area contributed by atoms with E-state index >= 15 is 0 Å². The molecule has 29 heavy (non-hydrogen) atoms. The first-order chi connectivity index (χ1) is 14.0. The number of hydrogen-bond acceptors (Lipinski definition) is 7. The molecular formula is C21H21FN4O3. The van der Waals surface area contributed by atoms with Gasteiger partial charge in [-0.1, -0.05) is 0 Å². The maximum Gasteiger partial charge on any atom is 0.192 e. The van der Waals surface area contributed by atoms with Gasteiger partial charge in [-0.15, -0.1) is 10.2 Å². The summed E-state index contributed by atoms with van der Waals surface area (Å²) in [6, 6.07) is 7.77. The summed E-state index contributed by atoms with van der Waals surface area (Å²) >= 11 is 0. The van der Waals surface area contributed by atoms with Gasteiger partial charge in [0.25, 0.3) is 0 Å². The maximum absolute atomic E-state index is 14.8. The molecule has 1 aromatic carbocycles. The lowest BCUT2D eigenvalue weighted by atomic mass is 9.96. The number of alkyl halides is 1. The SMILES string of the molecule is CN(c1ccc(-c2cc3occc(=O)c3cc2O)nn1)[C@H]1CC2CCC(N2)[C@H]1F. The van der Waals surface area contributed by atoms with Gasteiger partial charge >= 0.3 is 0 Å². The predicted molar refractivity (Wildman–Crippen MR) is 107 cm³/mol. The van der Waals surface area contributed by atoms with Crippen molar-refractivity contribution in [2.75, 3.05) is 11.9 Å². The van der Waals surface area contributed by atoms with Gasteiger partial charge < -0.3 is 19.7 Å². The second kappa shape index (κ2) is 6.81. The summed E-state index contributed by atoms with van der Waals surface area (Å²) in [5, 5.41) is 22.5. The molecule has 0 amide bonds. The fraction of sp³-hybridized carbons (Fsp3) is 0.381. The van der Waals surface area contributed by atoms with Gasteiger partial charge in [0.05, 0.1) is 23.4 Å². The van der Waals surface area contributed by atoms with Gasteiger partial charge in [0.1, 0.15) is 17.5 Å². The summed E-state index contributed by atoms with van der Waals surface area (Å²) in [5.41, 5.74) is 0.985. The highest BCUT2D eigenvalue weighted by Crippen LogP contribution is 2.34. The van der Waals surface area contributed by atoms with Crippen molar-refractivity contribution in [1.29, 1.82) is 0 Å². The highest BCUT2D eigenvalue weighted by atomic mass is 19.1. The highest BCUT2D eigenvalue weighted by Gasteiger charge is 2.43. The molecular weight excluding hydrogens is 375 g/mol. The number of halogens is 1. The second-order valence-electron chi connectivity index (χ2n) is 7.83. The number of hydrogen-bond donors (Lipinski definition) is 2. The number of piperidine rings is 1. The van der Waals surface area contributed by atoms with Crippen LogP contribution in [0.1, 0.15) is 19.3 Å². The Balaban J connectivity index is 1.44. The first kappa shape index (κ1) is 18.1. The van der Waals surface area contributed by atoms with E-state index in [0.29, 0.717) is 34.1 Å². The number of benzene rings is 1. The molecule has 3 aromatic rings. The van der Waals surface area contributed by atoms with Crippen LogP contribution in [0.25, 0.3) is 22.2 Å². The van der Waals surface area contributed by atoms with Gasteiger partial charge in [0, 0.05) is 30.8 Å². The Morgan fingerprint density at radius 3 is 2.90 bits per heavy atom. The van der Waals surface area contributed by atoms with E-state index in [4.69, 9.17) is 4.42 Å². The summed E-state index contributed by atoms with van der Waals surface area (Å²) in [5.74, 6) is 0.500. The Labute approximate surface area is 166 Å². The van der Waals surface area contributed by atoms with Crippen LogP contribution in [0, 0.1) is 0 Å². The zero-order valence-corrected chi connectivity index (χ0v) is 15.9. The number of aromatic hydroxyl groups is 1. The van der Waals surface area contributed by atoms with Crippen LogP contribution in [0.2, 0.25) is 0 Å². The van der Waals surface area contributed by atoms with Crippen molar-refractivity contribution >= 4 is 16.8 Å². The Morgan fingerprint density at radius 1 is 1.24 bits per heavy atom. The van der Waals surface area contributed by atoms with Crippen LogP contribution >= 0.6 is 0 Å². The van der Waals surface area contributed by atoms with Crippen LogP contribution in [0.4, 0.5) is 10.2 Å². The van der Waals surface area contributed by atoms with Crippen molar-refractivity contribution in [3.63, 3.8) is 0 Å². The summed E-state index contributed by atoms with van der Waals surface area (Å²) in [4.78, 5) is 13.7. The summed E-state index contributed by atoms with van der Waals surface area (Å²) in [6.07, 6.45) is 2.99.